The summed E-state index contributed by atoms with van der Waals surface area (Å²) in [5.74, 6) is 0.112. The fraction of sp³-hybridized carbons (Fsp3) is 0.360. The van der Waals surface area contributed by atoms with E-state index in [4.69, 9.17) is 5.73 Å². The fourth-order valence-corrected chi connectivity index (χ4v) is 4.07. The Morgan fingerprint density at radius 1 is 1.03 bits per heavy atom. The number of carbonyl (C=O) groups is 1. The van der Waals surface area contributed by atoms with E-state index in [0.717, 1.165) is 51.3 Å². The van der Waals surface area contributed by atoms with Crippen molar-refractivity contribution in [1.29, 1.82) is 0 Å². The summed E-state index contributed by atoms with van der Waals surface area (Å²) in [6.45, 7) is 5.51. The lowest BCUT2D eigenvalue weighted by molar-refractivity contribution is -0.137. The highest BCUT2D eigenvalue weighted by Gasteiger charge is 2.30. The SMILES string of the molecule is CN1CCN(CCCNC(=O)Nc2c(-c3ccccc3)nn(-c3ccc(C(F)(F)F)cc3)c2N)CC1. The smallest absolute Gasteiger partial charge is 0.382 e. The number of halogens is 3. The van der Waals surface area contributed by atoms with Gasteiger partial charge in [0.1, 0.15) is 11.4 Å². The molecule has 0 unspecified atom stereocenters. The Balaban J connectivity index is 1.47. The highest BCUT2D eigenvalue weighted by molar-refractivity contribution is 5.97. The molecule has 2 amide bonds. The Morgan fingerprint density at radius 3 is 2.33 bits per heavy atom. The lowest BCUT2D eigenvalue weighted by Crippen LogP contribution is -2.45. The van der Waals surface area contributed by atoms with Crippen molar-refractivity contribution in [2.45, 2.75) is 12.6 Å². The molecule has 2 aromatic carbocycles. The summed E-state index contributed by atoms with van der Waals surface area (Å²) in [6, 6.07) is 13.2. The van der Waals surface area contributed by atoms with Gasteiger partial charge in [0.15, 0.2) is 5.82 Å². The van der Waals surface area contributed by atoms with Crippen molar-refractivity contribution in [1.82, 2.24) is 24.9 Å². The predicted molar refractivity (Wildman–Crippen MR) is 134 cm³/mol. The minimum Gasteiger partial charge on any atom is -0.382 e. The van der Waals surface area contributed by atoms with Gasteiger partial charge in [-0.15, -0.1) is 0 Å². The lowest BCUT2D eigenvalue weighted by atomic mass is 10.1. The van der Waals surface area contributed by atoms with E-state index in [1.165, 1.54) is 16.8 Å². The van der Waals surface area contributed by atoms with Crippen molar-refractivity contribution in [2.24, 2.45) is 0 Å². The average Bonchev–Trinajstić information content (AvgIpc) is 3.19. The van der Waals surface area contributed by atoms with Gasteiger partial charge in [-0.2, -0.15) is 18.3 Å². The summed E-state index contributed by atoms with van der Waals surface area (Å²) in [7, 11) is 2.11. The van der Waals surface area contributed by atoms with Gasteiger partial charge in [0.25, 0.3) is 0 Å². The quantitative estimate of drug-likeness (QED) is 0.427. The number of amides is 2. The molecule has 4 N–H and O–H groups in total. The van der Waals surface area contributed by atoms with Gasteiger partial charge < -0.3 is 26.2 Å². The highest BCUT2D eigenvalue weighted by Crippen LogP contribution is 2.35. The molecule has 0 radical (unpaired) electrons. The second-order valence-electron chi connectivity index (χ2n) is 8.81. The first kappa shape index (κ1) is 25.5. The first-order valence-electron chi connectivity index (χ1n) is 11.8. The van der Waals surface area contributed by atoms with E-state index in [9.17, 15) is 18.0 Å². The van der Waals surface area contributed by atoms with Crippen LogP contribution in [0.15, 0.2) is 54.6 Å². The second kappa shape index (κ2) is 11.0. The molecular weight excluding hydrogens is 471 g/mol. The molecule has 3 aromatic rings. The summed E-state index contributed by atoms with van der Waals surface area (Å²) in [6.07, 6.45) is -3.64. The predicted octanol–water partition coefficient (Wildman–Crippen LogP) is 3.90. The number of nitrogen functional groups attached to an aromatic ring is 1. The van der Waals surface area contributed by atoms with Crippen molar-refractivity contribution < 1.29 is 18.0 Å². The Labute approximate surface area is 207 Å². The second-order valence-corrected chi connectivity index (χ2v) is 8.81. The molecule has 2 heterocycles. The largest absolute Gasteiger partial charge is 0.416 e. The Morgan fingerprint density at radius 2 is 1.69 bits per heavy atom. The third-order valence-electron chi connectivity index (χ3n) is 6.18. The number of rotatable bonds is 7. The van der Waals surface area contributed by atoms with Crippen LogP contribution in [-0.2, 0) is 6.18 Å². The zero-order chi connectivity index (χ0) is 25.7. The molecule has 4 rings (SSSR count). The van der Waals surface area contributed by atoms with Crippen molar-refractivity contribution in [2.75, 3.05) is 57.4 Å². The van der Waals surface area contributed by atoms with Crippen LogP contribution in [0.3, 0.4) is 0 Å². The molecule has 0 bridgehead atoms. The number of nitrogens with one attached hydrogen (secondary N) is 2. The molecule has 192 valence electrons. The number of nitrogens with zero attached hydrogens (tertiary/aromatic N) is 4. The first-order valence-corrected chi connectivity index (χ1v) is 11.8. The monoisotopic (exact) mass is 501 g/mol. The number of alkyl halides is 3. The molecule has 1 saturated heterocycles. The number of hydrogen-bond donors (Lipinski definition) is 3. The number of likely N-dealkylation sites (N-methyl/N-ethyl adjacent to an activating group) is 1. The van der Waals surface area contributed by atoms with E-state index in [-0.39, 0.29) is 11.5 Å². The summed E-state index contributed by atoms with van der Waals surface area (Å²) >= 11 is 0. The van der Waals surface area contributed by atoms with Crippen LogP contribution >= 0.6 is 0 Å². The Kier molecular flexibility index (Phi) is 7.80. The van der Waals surface area contributed by atoms with Crippen LogP contribution in [0.2, 0.25) is 0 Å². The van der Waals surface area contributed by atoms with Crippen molar-refractivity contribution in [3.63, 3.8) is 0 Å². The van der Waals surface area contributed by atoms with Crippen LogP contribution in [0, 0.1) is 0 Å². The topological polar surface area (TPSA) is 91.5 Å². The van der Waals surface area contributed by atoms with Crippen molar-refractivity contribution >= 4 is 17.5 Å². The summed E-state index contributed by atoms with van der Waals surface area (Å²) in [5, 5.41) is 10.2. The van der Waals surface area contributed by atoms with Crippen LogP contribution in [0.5, 0.6) is 0 Å². The molecule has 1 fully saturated rings. The fourth-order valence-electron chi connectivity index (χ4n) is 4.07. The number of aromatic nitrogens is 2. The minimum absolute atomic E-state index is 0.112. The lowest BCUT2D eigenvalue weighted by Gasteiger charge is -2.32. The van der Waals surface area contributed by atoms with Gasteiger partial charge in [-0.05, 0) is 44.3 Å². The van der Waals surface area contributed by atoms with Crippen LogP contribution in [0.1, 0.15) is 12.0 Å². The van der Waals surface area contributed by atoms with E-state index >= 15 is 0 Å². The third kappa shape index (κ3) is 6.16. The van der Waals surface area contributed by atoms with Gasteiger partial charge in [0.2, 0.25) is 0 Å². The van der Waals surface area contributed by atoms with E-state index in [1.54, 1.807) is 0 Å². The molecule has 1 aliphatic rings. The summed E-state index contributed by atoms with van der Waals surface area (Å²) in [4.78, 5) is 17.4. The number of anilines is 2. The minimum atomic E-state index is -4.45. The van der Waals surface area contributed by atoms with Crippen LogP contribution in [0.25, 0.3) is 16.9 Å². The average molecular weight is 502 g/mol. The van der Waals surface area contributed by atoms with E-state index in [2.05, 4.69) is 32.6 Å². The normalized spacial score (nSPS) is 15.1. The molecule has 0 atom stereocenters. The molecule has 0 spiro atoms. The maximum atomic E-state index is 13.0. The molecule has 36 heavy (non-hydrogen) atoms. The van der Waals surface area contributed by atoms with E-state index < -0.39 is 17.8 Å². The number of urea groups is 1. The summed E-state index contributed by atoms with van der Waals surface area (Å²) in [5.41, 5.74) is 7.33. The van der Waals surface area contributed by atoms with E-state index in [1.807, 2.05) is 30.3 Å². The molecule has 1 aromatic heterocycles. The number of benzene rings is 2. The zero-order valence-electron chi connectivity index (χ0n) is 20.1. The Bertz CT molecular complexity index is 1150. The zero-order valence-corrected chi connectivity index (χ0v) is 20.1. The van der Waals surface area contributed by atoms with Gasteiger partial charge in [-0.3, -0.25) is 0 Å². The molecular formula is C25H30F3N7O. The molecule has 8 nitrogen and oxygen atoms in total. The highest BCUT2D eigenvalue weighted by atomic mass is 19.4. The maximum Gasteiger partial charge on any atom is 0.416 e. The number of carbonyl (C=O) groups excluding carboxylic acids is 1. The number of nitrogens with two attached hydrogens (primary N) is 1. The van der Waals surface area contributed by atoms with Crippen LogP contribution in [0.4, 0.5) is 29.5 Å². The van der Waals surface area contributed by atoms with Crippen molar-refractivity contribution in [3.05, 3.63) is 60.2 Å². The number of hydrogen-bond acceptors (Lipinski definition) is 5. The standard InChI is InChI=1S/C25H30F3N7O/c1-33-14-16-34(17-15-33)13-5-12-30-24(36)31-22-21(18-6-3-2-4-7-18)32-35(23(22)29)20-10-8-19(9-11-20)25(26,27)28/h2-4,6-11H,5,12-17,29H2,1H3,(H2,30,31,36). The maximum absolute atomic E-state index is 13.0. The van der Waals surface area contributed by atoms with E-state index in [0.29, 0.717) is 23.5 Å². The van der Waals surface area contributed by atoms with Gasteiger partial charge >= 0.3 is 12.2 Å². The number of piperazine rings is 1. The molecule has 0 aliphatic carbocycles. The molecule has 1 aliphatic heterocycles. The van der Waals surface area contributed by atoms with Crippen molar-refractivity contribution in [3.8, 4) is 16.9 Å². The third-order valence-corrected chi connectivity index (χ3v) is 6.18. The Hall–Kier alpha value is -3.57. The van der Waals surface area contributed by atoms with Gasteiger partial charge in [-0.1, -0.05) is 30.3 Å². The van der Waals surface area contributed by atoms with Crippen LogP contribution in [-0.4, -0.2) is 71.9 Å². The summed E-state index contributed by atoms with van der Waals surface area (Å²) < 4.78 is 40.3. The van der Waals surface area contributed by atoms with Crippen LogP contribution < -0.4 is 16.4 Å². The van der Waals surface area contributed by atoms with Gasteiger partial charge in [0, 0.05) is 38.3 Å². The molecule has 0 saturated carbocycles. The van der Waals surface area contributed by atoms with Gasteiger partial charge in [-0.25, -0.2) is 9.48 Å². The molecule has 11 heteroatoms. The first-order chi connectivity index (χ1) is 17.2. The van der Waals surface area contributed by atoms with Gasteiger partial charge in [0.05, 0.1) is 11.3 Å².